The molecule has 2 N–H and O–H groups in total. The van der Waals surface area contributed by atoms with Crippen LogP contribution in [0.4, 0.5) is 0 Å². The summed E-state index contributed by atoms with van der Waals surface area (Å²) < 4.78 is 0. The summed E-state index contributed by atoms with van der Waals surface area (Å²) in [6.07, 6.45) is 1.70. The molecule has 0 aliphatic rings. The molecule has 1 radical (unpaired) electrons. The van der Waals surface area contributed by atoms with Crippen LogP contribution in [0.3, 0.4) is 0 Å². The molecule has 0 rings (SSSR count). The standard InChI is InChI=1S/C7H13O3/c1-2-3-6(4-5-8)7(9)10/h8H,2-5H2,1H3,(H,9,10). The summed E-state index contributed by atoms with van der Waals surface area (Å²) >= 11 is 0. The molecular weight excluding hydrogens is 132 g/mol. The fourth-order valence-electron chi connectivity index (χ4n) is 0.776. The smallest absolute Gasteiger partial charge is 0.310 e. The second kappa shape index (κ2) is 5.23. The van der Waals surface area contributed by atoms with Gasteiger partial charge >= 0.3 is 5.97 Å². The summed E-state index contributed by atoms with van der Waals surface area (Å²) in [6.45, 7) is 1.85. The molecule has 59 valence electrons. The molecule has 0 spiro atoms. The Balaban J connectivity index is 3.61. The number of rotatable bonds is 5. The zero-order chi connectivity index (χ0) is 7.98. The maximum atomic E-state index is 10.3. The van der Waals surface area contributed by atoms with Crippen molar-refractivity contribution in [2.45, 2.75) is 26.2 Å². The molecule has 0 aromatic heterocycles. The van der Waals surface area contributed by atoms with Crippen molar-refractivity contribution < 1.29 is 15.0 Å². The van der Waals surface area contributed by atoms with Gasteiger partial charge in [0.25, 0.3) is 0 Å². The summed E-state index contributed by atoms with van der Waals surface area (Å²) in [5, 5.41) is 16.9. The zero-order valence-electron chi connectivity index (χ0n) is 6.13. The maximum absolute atomic E-state index is 10.3. The van der Waals surface area contributed by atoms with E-state index in [9.17, 15) is 4.79 Å². The Labute approximate surface area is 60.7 Å². The lowest BCUT2D eigenvalue weighted by atomic mass is 10.0. The first-order valence-corrected chi connectivity index (χ1v) is 3.41. The van der Waals surface area contributed by atoms with Crippen LogP contribution >= 0.6 is 0 Å². The van der Waals surface area contributed by atoms with Gasteiger partial charge in [0.05, 0.1) is 5.92 Å². The molecule has 0 atom stereocenters. The lowest BCUT2D eigenvalue weighted by Crippen LogP contribution is -2.12. The first-order chi connectivity index (χ1) is 4.72. The van der Waals surface area contributed by atoms with Crippen molar-refractivity contribution >= 4 is 5.97 Å². The minimum absolute atomic E-state index is 0.0678. The lowest BCUT2D eigenvalue weighted by Gasteiger charge is -2.06. The second-order valence-corrected chi connectivity index (χ2v) is 2.13. The van der Waals surface area contributed by atoms with Gasteiger partial charge in [-0.25, -0.2) is 0 Å². The Kier molecular flexibility index (Phi) is 4.94. The number of aliphatic carboxylic acids is 1. The summed E-state index contributed by atoms with van der Waals surface area (Å²) in [5.74, 6) is -0.457. The normalized spacial score (nSPS) is 10.3. The van der Waals surface area contributed by atoms with Crippen molar-refractivity contribution in [1.29, 1.82) is 0 Å². The fraction of sp³-hybridized carbons (Fsp3) is 0.714. The Hall–Kier alpha value is -0.570. The first-order valence-electron chi connectivity index (χ1n) is 3.41. The van der Waals surface area contributed by atoms with Crippen LogP contribution in [0.25, 0.3) is 0 Å². The van der Waals surface area contributed by atoms with Gasteiger partial charge < -0.3 is 10.2 Å². The Morgan fingerprint density at radius 1 is 1.40 bits per heavy atom. The van der Waals surface area contributed by atoms with Crippen molar-refractivity contribution in [3.05, 3.63) is 5.92 Å². The number of hydrogen-bond acceptors (Lipinski definition) is 2. The topological polar surface area (TPSA) is 57.5 Å². The molecule has 0 aliphatic carbocycles. The zero-order valence-corrected chi connectivity index (χ0v) is 6.13. The van der Waals surface area contributed by atoms with Gasteiger partial charge in [-0.05, 0) is 12.8 Å². The molecule has 0 aliphatic heterocycles. The highest BCUT2D eigenvalue weighted by molar-refractivity contribution is 5.82. The van der Waals surface area contributed by atoms with Gasteiger partial charge in [-0.15, -0.1) is 0 Å². The van der Waals surface area contributed by atoms with Crippen molar-refractivity contribution in [2.24, 2.45) is 0 Å². The third-order valence-corrected chi connectivity index (χ3v) is 1.27. The molecule has 0 bridgehead atoms. The van der Waals surface area contributed by atoms with E-state index in [4.69, 9.17) is 10.2 Å². The summed E-state index contributed by atoms with van der Waals surface area (Å²) in [5.41, 5.74) is 0. The van der Waals surface area contributed by atoms with Crippen molar-refractivity contribution in [3.8, 4) is 0 Å². The van der Waals surface area contributed by atoms with Gasteiger partial charge in [0.15, 0.2) is 0 Å². The van der Waals surface area contributed by atoms with Gasteiger partial charge in [0.1, 0.15) is 0 Å². The molecule has 10 heavy (non-hydrogen) atoms. The van der Waals surface area contributed by atoms with Crippen LogP contribution in [-0.4, -0.2) is 22.8 Å². The highest BCUT2D eigenvalue weighted by atomic mass is 16.4. The van der Waals surface area contributed by atoms with Gasteiger partial charge in [0, 0.05) is 6.61 Å². The number of carbonyl (C=O) groups is 1. The van der Waals surface area contributed by atoms with E-state index in [0.717, 1.165) is 6.42 Å². The van der Waals surface area contributed by atoms with E-state index < -0.39 is 5.97 Å². The molecule has 0 amide bonds. The molecule has 0 aromatic carbocycles. The molecule has 0 saturated carbocycles. The van der Waals surface area contributed by atoms with Crippen LogP contribution in [0.2, 0.25) is 0 Å². The average Bonchev–Trinajstić information content (AvgIpc) is 1.87. The van der Waals surface area contributed by atoms with E-state index in [0.29, 0.717) is 18.8 Å². The third kappa shape index (κ3) is 3.45. The SMILES string of the molecule is CCC[C](CCO)C(=O)O. The lowest BCUT2D eigenvalue weighted by molar-refractivity contribution is -0.135. The summed E-state index contributed by atoms with van der Waals surface area (Å²) in [4.78, 5) is 10.3. The number of aliphatic hydroxyl groups excluding tert-OH is 1. The van der Waals surface area contributed by atoms with E-state index in [1.165, 1.54) is 0 Å². The molecule has 3 nitrogen and oxygen atoms in total. The second-order valence-electron chi connectivity index (χ2n) is 2.13. The van der Waals surface area contributed by atoms with Crippen LogP contribution in [-0.2, 0) is 4.79 Å². The van der Waals surface area contributed by atoms with E-state index in [1.54, 1.807) is 0 Å². The van der Waals surface area contributed by atoms with Crippen LogP contribution in [0.15, 0.2) is 0 Å². The predicted octanol–water partition coefficient (Wildman–Crippen LogP) is 0.828. The number of carboxylic acid groups (broad SMARTS) is 1. The molecule has 0 fully saturated rings. The molecule has 0 saturated heterocycles. The van der Waals surface area contributed by atoms with E-state index in [1.807, 2.05) is 6.92 Å². The first kappa shape index (κ1) is 9.43. The third-order valence-electron chi connectivity index (χ3n) is 1.27. The number of aliphatic hydroxyl groups is 1. The van der Waals surface area contributed by atoms with Crippen molar-refractivity contribution in [2.75, 3.05) is 6.61 Å². The highest BCUT2D eigenvalue weighted by Crippen LogP contribution is 2.12. The van der Waals surface area contributed by atoms with E-state index in [-0.39, 0.29) is 6.61 Å². The van der Waals surface area contributed by atoms with Gasteiger partial charge in [0.2, 0.25) is 0 Å². The Morgan fingerprint density at radius 3 is 2.30 bits per heavy atom. The van der Waals surface area contributed by atoms with Crippen molar-refractivity contribution in [3.63, 3.8) is 0 Å². The van der Waals surface area contributed by atoms with Crippen molar-refractivity contribution in [1.82, 2.24) is 0 Å². The molecule has 0 unspecified atom stereocenters. The molecule has 3 heteroatoms. The maximum Gasteiger partial charge on any atom is 0.310 e. The quantitative estimate of drug-likeness (QED) is 0.602. The Bertz CT molecular complexity index is 95.0. The van der Waals surface area contributed by atoms with Gasteiger partial charge in [-0.2, -0.15) is 0 Å². The number of carboxylic acids is 1. The van der Waals surface area contributed by atoms with Crippen LogP contribution < -0.4 is 0 Å². The largest absolute Gasteiger partial charge is 0.481 e. The number of hydrogen-bond donors (Lipinski definition) is 2. The van der Waals surface area contributed by atoms with Crippen LogP contribution in [0.1, 0.15) is 26.2 Å². The minimum Gasteiger partial charge on any atom is -0.481 e. The minimum atomic E-state index is -0.879. The van der Waals surface area contributed by atoms with Crippen LogP contribution in [0.5, 0.6) is 0 Å². The summed E-state index contributed by atoms with van der Waals surface area (Å²) in [7, 11) is 0. The van der Waals surface area contributed by atoms with Crippen LogP contribution in [0, 0.1) is 5.92 Å². The van der Waals surface area contributed by atoms with E-state index in [2.05, 4.69) is 0 Å². The molecule has 0 aromatic rings. The predicted molar refractivity (Wildman–Crippen MR) is 37.5 cm³/mol. The summed E-state index contributed by atoms with van der Waals surface area (Å²) in [6, 6.07) is 0. The highest BCUT2D eigenvalue weighted by Gasteiger charge is 2.15. The van der Waals surface area contributed by atoms with E-state index >= 15 is 0 Å². The Morgan fingerprint density at radius 2 is 2.00 bits per heavy atom. The average molecular weight is 145 g/mol. The molecular formula is C7H13O3. The van der Waals surface area contributed by atoms with Gasteiger partial charge in [-0.1, -0.05) is 13.3 Å². The van der Waals surface area contributed by atoms with Gasteiger partial charge in [-0.3, -0.25) is 4.79 Å². The fourth-order valence-corrected chi connectivity index (χ4v) is 0.776. The molecule has 0 heterocycles. The monoisotopic (exact) mass is 145 g/mol.